The van der Waals surface area contributed by atoms with Crippen LogP contribution in [0.5, 0.6) is 0 Å². The molecule has 0 bridgehead atoms. The second kappa shape index (κ2) is 11.4. The summed E-state index contributed by atoms with van der Waals surface area (Å²) in [7, 11) is 0. The fourth-order valence-electron chi connectivity index (χ4n) is 3.95. The van der Waals surface area contributed by atoms with Crippen LogP contribution in [0.2, 0.25) is 10.0 Å². The molecule has 1 aromatic carbocycles. The minimum absolute atomic E-state index is 0.0559. The van der Waals surface area contributed by atoms with Gasteiger partial charge in [0.05, 0.1) is 39.3 Å². The number of nitrogens with two attached hydrogens (primary N) is 2. The molecule has 1 aliphatic carbocycles. The van der Waals surface area contributed by atoms with E-state index < -0.39 is 0 Å². The minimum atomic E-state index is -0.229. The van der Waals surface area contributed by atoms with Crippen LogP contribution in [0, 0.1) is 23.2 Å². The Balaban J connectivity index is 1.84. The number of hydrogen-bond donors (Lipinski definition) is 4. The molecule has 1 aromatic heterocycles. The van der Waals surface area contributed by atoms with Crippen LogP contribution in [0.4, 0.5) is 17.3 Å². The Kier molecular flexibility index (Phi) is 8.53. The number of carbonyl (C=O) groups is 1. The van der Waals surface area contributed by atoms with Crippen molar-refractivity contribution in [3.63, 3.8) is 0 Å². The van der Waals surface area contributed by atoms with Crippen molar-refractivity contribution < 1.29 is 4.79 Å². The molecule has 0 atom stereocenters. The van der Waals surface area contributed by atoms with Gasteiger partial charge in [0.2, 0.25) is 11.9 Å². The SMILES string of the molecule is CC(C)Nc1ncc(/N=C(\N)Nc2c(Cl)cc(C#N)cc2Cl)c(C[C@H]2CC[C@@H](C(N)=O)CC2)n1. The molecule has 1 saturated carbocycles. The lowest BCUT2D eigenvalue weighted by molar-refractivity contribution is -0.122. The second-order valence-electron chi connectivity index (χ2n) is 8.70. The van der Waals surface area contributed by atoms with Crippen LogP contribution >= 0.6 is 23.2 Å². The number of carbonyl (C=O) groups excluding carboxylic acids is 1. The zero-order chi connectivity index (χ0) is 24.8. The van der Waals surface area contributed by atoms with Gasteiger partial charge in [-0.2, -0.15) is 5.26 Å². The Morgan fingerprint density at radius 2 is 1.88 bits per heavy atom. The first-order chi connectivity index (χ1) is 16.2. The van der Waals surface area contributed by atoms with Crippen molar-refractivity contribution in [3.05, 3.63) is 39.6 Å². The topological polar surface area (TPSA) is 155 Å². The van der Waals surface area contributed by atoms with Crippen molar-refractivity contribution in [2.45, 2.75) is 52.0 Å². The number of aromatic nitrogens is 2. The molecule has 0 unspecified atom stereocenters. The van der Waals surface area contributed by atoms with Crippen molar-refractivity contribution >= 4 is 52.4 Å². The number of guanidine groups is 1. The molecule has 2 aromatic rings. The number of hydrogen-bond acceptors (Lipinski definition) is 6. The average molecular weight is 503 g/mol. The molecule has 3 rings (SSSR count). The molecular formula is C23H28Cl2N8O. The number of primary amides is 1. The van der Waals surface area contributed by atoms with Crippen molar-refractivity contribution in [2.24, 2.45) is 28.3 Å². The maximum Gasteiger partial charge on any atom is 0.223 e. The Bertz CT molecular complexity index is 1100. The Hall–Kier alpha value is -3.09. The number of benzene rings is 1. The predicted octanol–water partition coefficient (Wildman–Crippen LogP) is 4.37. The van der Waals surface area contributed by atoms with E-state index in [1.165, 1.54) is 12.1 Å². The third-order valence-corrected chi connectivity index (χ3v) is 6.26. The summed E-state index contributed by atoms with van der Waals surface area (Å²) in [5.41, 5.74) is 13.6. The second-order valence-corrected chi connectivity index (χ2v) is 9.51. The smallest absolute Gasteiger partial charge is 0.223 e. The molecule has 1 heterocycles. The summed E-state index contributed by atoms with van der Waals surface area (Å²) in [6.07, 6.45) is 5.63. The molecule has 0 radical (unpaired) electrons. The first-order valence-corrected chi connectivity index (χ1v) is 11.8. The highest BCUT2D eigenvalue weighted by atomic mass is 35.5. The highest BCUT2D eigenvalue weighted by Crippen LogP contribution is 2.34. The third-order valence-electron chi connectivity index (χ3n) is 5.66. The Morgan fingerprint density at radius 3 is 2.44 bits per heavy atom. The first kappa shape index (κ1) is 25.5. The predicted molar refractivity (Wildman–Crippen MR) is 135 cm³/mol. The molecule has 180 valence electrons. The number of nitrogens with zero attached hydrogens (tertiary/aromatic N) is 4. The van der Waals surface area contributed by atoms with E-state index in [9.17, 15) is 4.79 Å². The van der Waals surface area contributed by atoms with E-state index in [4.69, 9.17) is 39.9 Å². The van der Waals surface area contributed by atoms with Gasteiger partial charge >= 0.3 is 0 Å². The van der Waals surface area contributed by atoms with Gasteiger partial charge in [0.1, 0.15) is 5.69 Å². The highest BCUT2D eigenvalue weighted by Gasteiger charge is 2.26. The number of aliphatic imine (C=N–C) groups is 1. The average Bonchev–Trinajstić information content (AvgIpc) is 2.77. The number of amides is 1. The van der Waals surface area contributed by atoms with Crippen molar-refractivity contribution in [3.8, 4) is 6.07 Å². The van der Waals surface area contributed by atoms with Gasteiger partial charge < -0.3 is 22.1 Å². The summed E-state index contributed by atoms with van der Waals surface area (Å²) in [6.45, 7) is 4.01. The van der Waals surface area contributed by atoms with Crippen LogP contribution in [0.25, 0.3) is 0 Å². The van der Waals surface area contributed by atoms with Crippen molar-refractivity contribution in [1.82, 2.24) is 9.97 Å². The van der Waals surface area contributed by atoms with E-state index in [0.717, 1.165) is 31.4 Å². The summed E-state index contributed by atoms with van der Waals surface area (Å²) in [4.78, 5) is 25.0. The lowest BCUT2D eigenvalue weighted by atomic mass is 9.79. The summed E-state index contributed by atoms with van der Waals surface area (Å²) in [6, 6.07) is 5.15. The highest BCUT2D eigenvalue weighted by molar-refractivity contribution is 6.40. The lowest BCUT2D eigenvalue weighted by Crippen LogP contribution is -2.28. The first-order valence-electron chi connectivity index (χ1n) is 11.1. The number of rotatable bonds is 7. The van der Waals surface area contributed by atoms with Crippen molar-refractivity contribution in [2.75, 3.05) is 10.6 Å². The molecule has 6 N–H and O–H groups in total. The minimum Gasteiger partial charge on any atom is -0.369 e. The van der Waals surface area contributed by atoms with E-state index in [-0.39, 0.29) is 33.9 Å². The van der Waals surface area contributed by atoms with Crippen LogP contribution in [0.15, 0.2) is 23.3 Å². The molecule has 0 saturated heterocycles. The van der Waals surface area contributed by atoms with E-state index in [1.54, 1.807) is 6.20 Å². The molecule has 1 aliphatic rings. The largest absolute Gasteiger partial charge is 0.369 e. The third kappa shape index (κ3) is 6.72. The number of nitrogens with one attached hydrogen (secondary N) is 2. The van der Waals surface area contributed by atoms with Crippen LogP contribution in [0.1, 0.15) is 50.8 Å². The van der Waals surface area contributed by atoms with Gasteiger partial charge in [-0.05, 0) is 64.0 Å². The fourth-order valence-corrected chi connectivity index (χ4v) is 4.53. The van der Waals surface area contributed by atoms with Gasteiger partial charge in [-0.3, -0.25) is 4.79 Å². The van der Waals surface area contributed by atoms with E-state index in [1.807, 2.05) is 19.9 Å². The van der Waals surface area contributed by atoms with Crippen LogP contribution in [0.3, 0.4) is 0 Å². The van der Waals surface area contributed by atoms with Crippen LogP contribution in [-0.4, -0.2) is 27.9 Å². The normalized spacial score (nSPS) is 18.4. The molecule has 34 heavy (non-hydrogen) atoms. The van der Waals surface area contributed by atoms with Crippen molar-refractivity contribution in [1.29, 1.82) is 5.26 Å². The van der Waals surface area contributed by atoms with Crippen LogP contribution < -0.4 is 22.1 Å². The summed E-state index contributed by atoms with van der Waals surface area (Å²) >= 11 is 12.5. The zero-order valence-electron chi connectivity index (χ0n) is 19.1. The molecular weight excluding hydrogens is 475 g/mol. The number of halogens is 2. The standard InChI is InChI=1S/C23H28Cl2N8O/c1-12(2)30-23-29-11-19(18(32-23)9-13-3-5-15(6-4-13)21(27)34)31-22(28)33-20-16(24)7-14(10-26)8-17(20)25/h7-8,11-13,15H,3-6,9H2,1-2H3,(H2,27,34)(H3,28,31,33)(H,29,30,32)/t13-,15+. The summed E-state index contributed by atoms with van der Waals surface area (Å²) in [5.74, 6) is 0.634. The lowest BCUT2D eigenvalue weighted by Gasteiger charge is -2.26. The molecule has 0 spiro atoms. The molecule has 1 amide bonds. The van der Waals surface area contributed by atoms with E-state index >= 15 is 0 Å². The molecule has 9 nitrogen and oxygen atoms in total. The summed E-state index contributed by atoms with van der Waals surface area (Å²) < 4.78 is 0. The van der Waals surface area contributed by atoms with Gasteiger partial charge in [0.25, 0.3) is 0 Å². The maximum absolute atomic E-state index is 11.5. The van der Waals surface area contributed by atoms with Gasteiger partial charge in [0, 0.05) is 12.0 Å². The molecule has 11 heteroatoms. The summed E-state index contributed by atoms with van der Waals surface area (Å²) in [5, 5.41) is 15.7. The number of nitriles is 1. The van der Waals surface area contributed by atoms with E-state index in [0.29, 0.717) is 35.2 Å². The zero-order valence-corrected chi connectivity index (χ0v) is 20.6. The van der Waals surface area contributed by atoms with Gasteiger partial charge in [0.15, 0.2) is 5.96 Å². The van der Waals surface area contributed by atoms with Gasteiger partial charge in [-0.1, -0.05) is 23.2 Å². The quantitative estimate of drug-likeness (QED) is 0.323. The molecule has 0 aliphatic heterocycles. The molecule has 1 fully saturated rings. The maximum atomic E-state index is 11.5. The Labute approximate surface area is 209 Å². The fraction of sp³-hybridized carbons (Fsp3) is 0.435. The van der Waals surface area contributed by atoms with Crippen LogP contribution in [-0.2, 0) is 11.2 Å². The van der Waals surface area contributed by atoms with Gasteiger partial charge in [-0.25, -0.2) is 15.0 Å². The number of anilines is 2. The monoisotopic (exact) mass is 502 g/mol. The van der Waals surface area contributed by atoms with Gasteiger partial charge in [-0.15, -0.1) is 0 Å². The Morgan fingerprint density at radius 1 is 1.24 bits per heavy atom. The van der Waals surface area contributed by atoms with E-state index in [2.05, 4.69) is 25.6 Å².